The summed E-state index contributed by atoms with van der Waals surface area (Å²) in [5.74, 6) is -0.0993. The third-order valence-electron chi connectivity index (χ3n) is 5.62. The molecular weight excluding hydrogens is 443 g/mol. The molecule has 0 unspecified atom stereocenters. The zero-order valence-electron chi connectivity index (χ0n) is 19.4. The van der Waals surface area contributed by atoms with Gasteiger partial charge in [0.2, 0.25) is 11.8 Å². The average molecular weight is 479 g/mol. The number of hydrogen-bond donors (Lipinski definition) is 2. The molecule has 0 bridgehead atoms. The Hall–Kier alpha value is -1.78. The third kappa shape index (κ3) is 8.29. The van der Waals surface area contributed by atoms with Crippen molar-refractivity contribution in [2.45, 2.75) is 90.9 Å². The van der Waals surface area contributed by atoms with Crippen molar-refractivity contribution < 1.29 is 9.59 Å². The van der Waals surface area contributed by atoms with Crippen molar-refractivity contribution >= 4 is 57.2 Å². The lowest BCUT2D eigenvalue weighted by atomic mass is 10.1. The van der Waals surface area contributed by atoms with Crippen molar-refractivity contribution in [3.05, 3.63) is 34.3 Å². The highest BCUT2D eigenvalue weighted by Gasteiger charge is 2.15. The molecule has 2 aromatic rings. The smallest absolute Gasteiger partial charge is 0.224 e. The Labute approximate surface area is 202 Å². The fourth-order valence-electron chi connectivity index (χ4n) is 3.73. The summed E-state index contributed by atoms with van der Waals surface area (Å²) in [6.45, 7) is 4.34. The van der Waals surface area contributed by atoms with Crippen LogP contribution in [0.15, 0.2) is 24.3 Å². The maximum absolute atomic E-state index is 12.3. The molecule has 0 saturated heterocycles. The van der Waals surface area contributed by atoms with Gasteiger partial charge in [0.25, 0.3) is 0 Å². The molecule has 0 aliphatic carbocycles. The lowest BCUT2D eigenvalue weighted by Gasteiger charge is -2.14. The van der Waals surface area contributed by atoms with Gasteiger partial charge in [-0.3, -0.25) is 9.59 Å². The molecule has 0 saturated carbocycles. The summed E-state index contributed by atoms with van der Waals surface area (Å²) in [6, 6.07) is 7.35. The molecule has 0 spiro atoms. The second-order valence-electron chi connectivity index (χ2n) is 8.38. The Morgan fingerprint density at radius 3 is 1.47 bits per heavy atom. The Morgan fingerprint density at radius 2 is 1.06 bits per heavy atom. The molecular formula is C26H36Cl2N2O2. The van der Waals surface area contributed by atoms with Crippen LogP contribution in [-0.4, -0.2) is 11.8 Å². The van der Waals surface area contributed by atoms with Gasteiger partial charge in [-0.2, -0.15) is 0 Å². The summed E-state index contributed by atoms with van der Waals surface area (Å²) < 4.78 is 0. The van der Waals surface area contributed by atoms with Gasteiger partial charge in [0.1, 0.15) is 0 Å². The molecule has 0 radical (unpaired) electrons. The van der Waals surface area contributed by atoms with Crippen LogP contribution in [0.25, 0.3) is 10.8 Å². The lowest BCUT2D eigenvalue weighted by molar-refractivity contribution is -0.117. The number of carbonyl (C=O) groups excluding carboxylic acids is 2. The number of rotatable bonds is 14. The predicted molar refractivity (Wildman–Crippen MR) is 138 cm³/mol. The third-order valence-corrected chi connectivity index (χ3v) is 6.41. The predicted octanol–water partition coefficient (Wildman–Crippen LogP) is 8.74. The Balaban J connectivity index is 2.03. The minimum absolute atomic E-state index is 0.0496. The maximum Gasteiger partial charge on any atom is 0.224 e. The summed E-state index contributed by atoms with van der Waals surface area (Å²) in [4.78, 5) is 24.7. The molecule has 4 nitrogen and oxygen atoms in total. The van der Waals surface area contributed by atoms with E-state index >= 15 is 0 Å². The molecule has 6 heteroatoms. The maximum atomic E-state index is 12.3. The summed E-state index contributed by atoms with van der Waals surface area (Å²) in [5, 5.41) is 8.09. The van der Waals surface area contributed by atoms with Gasteiger partial charge in [-0.15, -0.1) is 0 Å². The standard InChI is InChI=1S/C26H36Cl2N2O2/c1-3-5-7-9-11-13-22(31)29-20-17-15-19-16-18-21(26(28)24(19)25(20)27)30-23(32)14-12-10-8-6-4-2/h15-18H,3-14H2,1-2H3,(H,29,31)(H,30,32). The van der Waals surface area contributed by atoms with E-state index in [1.165, 1.54) is 25.7 Å². The molecule has 2 N–H and O–H groups in total. The summed E-state index contributed by atoms with van der Waals surface area (Å²) in [7, 11) is 0. The van der Waals surface area contributed by atoms with Crippen molar-refractivity contribution in [2.24, 2.45) is 0 Å². The van der Waals surface area contributed by atoms with Crippen LogP contribution in [0.3, 0.4) is 0 Å². The largest absolute Gasteiger partial charge is 0.325 e. The first-order valence-electron chi connectivity index (χ1n) is 12.0. The number of unbranched alkanes of at least 4 members (excludes halogenated alkanes) is 8. The van der Waals surface area contributed by atoms with Crippen LogP contribution in [0.4, 0.5) is 11.4 Å². The zero-order valence-corrected chi connectivity index (χ0v) is 20.9. The zero-order chi connectivity index (χ0) is 23.3. The molecule has 0 aliphatic heterocycles. The van der Waals surface area contributed by atoms with Crippen molar-refractivity contribution in [1.29, 1.82) is 0 Å². The number of anilines is 2. The average Bonchev–Trinajstić information content (AvgIpc) is 2.77. The number of fused-ring (bicyclic) bond motifs is 1. The second kappa shape index (κ2) is 14.4. The fraction of sp³-hybridized carbons (Fsp3) is 0.538. The second-order valence-corrected chi connectivity index (χ2v) is 9.13. The first kappa shape index (κ1) is 26.5. The van der Waals surface area contributed by atoms with E-state index in [-0.39, 0.29) is 11.8 Å². The number of carbonyl (C=O) groups is 2. The number of halogens is 2. The Morgan fingerprint density at radius 1 is 0.656 bits per heavy atom. The molecule has 0 aromatic heterocycles. The van der Waals surface area contributed by atoms with Gasteiger partial charge in [0.15, 0.2) is 0 Å². The highest BCUT2D eigenvalue weighted by Crippen LogP contribution is 2.39. The van der Waals surface area contributed by atoms with Crippen LogP contribution >= 0.6 is 23.2 Å². The van der Waals surface area contributed by atoms with Crippen LogP contribution in [0.5, 0.6) is 0 Å². The van der Waals surface area contributed by atoms with E-state index in [2.05, 4.69) is 24.5 Å². The Kier molecular flexibility index (Phi) is 11.9. The van der Waals surface area contributed by atoms with E-state index in [1.54, 1.807) is 12.1 Å². The topological polar surface area (TPSA) is 58.2 Å². The van der Waals surface area contributed by atoms with Crippen LogP contribution < -0.4 is 10.6 Å². The van der Waals surface area contributed by atoms with Crippen LogP contribution in [0.2, 0.25) is 10.0 Å². The minimum Gasteiger partial charge on any atom is -0.325 e. The van der Waals surface area contributed by atoms with E-state index in [9.17, 15) is 9.59 Å². The van der Waals surface area contributed by atoms with Gasteiger partial charge in [-0.05, 0) is 30.4 Å². The summed E-state index contributed by atoms with van der Waals surface area (Å²) in [6.07, 6.45) is 11.9. The van der Waals surface area contributed by atoms with Gasteiger partial charge in [0.05, 0.1) is 21.4 Å². The molecule has 2 rings (SSSR count). The van der Waals surface area contributed by atoms with E-state index in [4.69, 9.17) is 23.2 Å². The number of hydrogen-bond acceptors (Lipinski definition) is 2. The van der Waals surface area contributed by atoms with Gasteiger partial charge >= 0.3 is 0 Å². The molecule has 176 valence electrons. The minimum atomic E-state index is -0.0496. The fourth-order valence-corrected chi connectivity index (χ4v) is 4.41. The van der Waals surface area contributed by atoms with E-state index in [1.807, 2.05) is 12.1 Å². The molecule has 0 aliphatic rings. The van der Waals surface area contributed by atoms with E-state index < -0.39 is 0 Å². The van der Waals surface area contributed by atoms with Crippen LogP contribution in [0.1, 0.15) is 90.9 Å². The van der Waals surface area contributed by atoms with Crippen molar-refractivity contribution in [1.82, 2.24) is 0 Å². The first-order valence-corrected chi connectivity index (χ1v) is 12.7. The van der Waals surface area contributed by atoms with Crippen molar-refractivity contribution in [3.8, 4) is 0 Å². The normalized spacial score (nSPS) is 11.0. The van der Waals surface area contributed by atoms with Crippen LogP contribution in [-0.2, 0) is 9.59 Å². The SMILES string of the molecule is CCCCCCCC(=O)Nc1ccc2ccc(NC(=O)CCCCCCC)c(Cl)c2c1Cl. The number of amides is 2. The molecule has 2 aromatic carbocycles. The first-order chi connectivity index (χ1) is 15.5. The van der Waals surface area contributed by atoms with Crippen molar-refractivity contribution in [2.75, 3.05) is 10.6 Å². The van der Waals surface area contributed by atoms with Gasteiger partial charge in [0, 0.05) is 18.2 Å². The van der Waals surface area contributed by atoms with Crippen LogP contribution in [0, 0.1) is 0 Å². The molecule has 0 atom stereocenters. The van der Waals surface area contributed by atoms with Crippen molar-refractivity contribution in [3.63, 3.8) is 0 Å². The molecule has 0 heterocycles. The highest BCUT2D eigenvalue weighted by molar-refractivity contribution is 6.45. The molecule has 32 heavy (non-hydrogen) atoms. The quantitative estimate of drug-likeness (QED) is 0.266. The summed E-state index contributed by atoms with van der Waals surface area (Å²) in [5.41, 5.74) is 1.08. The number of benzene rings is 2. The highest BCUT2D eigenvalue weighted by atomic mass is 35.5. The van der Waals surface area contributed by atoms with Gasteiger partial charge in [-0.25, -0.2) is 0 Å². The Bertz CT molecular complexity index is 830. The van der Waals surface area contributed by atoms with E-state index in [0.717, 1.165) is 43.9 Å². The van der Waals surface area contributed by atoms with E-state index in [0.29, 0.717) is 39.6 Å². The van der Waals surface area contributed by atoms with Gasteiger partial charge < -0.3 is 10.6 Å². The summed E-state index contributed by atoms with van der Waals surface area (Å²) >= 11 is 13.2. The number of nitrogens with one attached hydrogen (secondary N) is 2. The lowest BCUT2D eigenvalue weighted by Crippen LogP contribution is -2.12. The molecule has 0 fully saturated rings. The monoisotopic (exact) mass is 478 g/mol. The molecule has 2 amide bonds. The van der Waals surface area contributed by atoms with Gasteiger partial charge in [-0.1, -0.05) is 101 Å².